The summed E-state index contributed by atoms with van der Waals surface area (Å²) < 4.78 is 1.02. The highest BCUT2D eigenvalue weighted by Crippen LogP contribution is 2.25. The van der Waals surface area contributed by atoms with E-state index in [9.17, 15) is 0 Å². The Morgan fingerprint density at radius 1 is 1.20 bits per heavy atom. The van der Waals surface area contributed by atoms with E-state index in [0.29, 0.717) is 0 Å². The van der Waals surface area contributed by atoms with Gasteiger partial charge in [-0.25, -0.2) is 4.98 Å². The third-order valence-corrected chi connectivity index (χ3v) is 3.92. The van der Waals surface area contributed by atoms with Crippen LogP contribution in [0.2, 0.25) is 0 Å². The summed E-state index contributed by atoms with van der Waals surface area (Å²) in [7, 11) is 0. The number of halogens is 1. The first-order chi connectivity index (χ1) is 9.46. The molecule has 0 unspecified atom stereocenters. The van der Waals surface area contributed by atoms with Crippen molar-refractivity contribution in [2.75, 3.05) is 5.32 Å². The molecular weight excluding hydrogens is 312 g/mol. The Hall–Kier alpha value is -1.35. The van der Waals surface area contributed by atoms with E-state index in [1.54, 1.807) is 0 Å². The van der Waals surface area contributed by atoms with Crippen LogP contribution in [0.1, 0.15) is 31.4 Å². The molecule has 0 aliphatic heterocycles. The number of nitrogens with one attached hydrogen (secondary N) is 1. The molecule has 20 heavy (non-hydrogen) atoms. The molecular formula is C17H21BrN2. The molecule has 1 N–H and O–H groups in total. The summed E-state index contributed by atoms with van der Waals surface area (Å²) in [5, 5.41) is 3.53. The molecule has 1 aromatic carbocycles. The molecule has 0 spiro atoms. The number of nitrogens with zero attached hydrogens (tertiary/aromatic N) is 1. The van der Waals surface area contributed by atoms with Crippen molar-refractivity contribution >= 4 is 21.7 Å². The Morgan fingerprint density at radius 3 is 2.55 bits per heavy atom. The van der Waals surface area contributed by atoms with Gasteiger partial charge in [0.15, 0.2) is 0 Å². The van der Waals surface area contributed by atoms with Crippen molar-refractivity contribution in [3.05, 3.63) is 58.2 Å². The number of aromatic nitrogens is 1. The van der Waals surface area contributed by atoms with Gasteiger partial charge in [-0.15, -0.1) is 0 Å². The van der Waals surface area contributed by atoms with Crippen LogP contribution in [0.3, 0.4) is 0 Å². The zero-order chi connectivity index (χ0) is 14.6. The second-order valence-corrected chi connectivity index (χ2v) is 6.69. The number of aryl methyl sites for hydroxylation is 2. The second kappa shape index (κ2) is 6.40. The third kappa shape index (κ3) is 4.34. The molecule has 3 heteroatoms. The second-order valence-electron chi connectivity index (χ2n) is 5.84. The lowest BCUT2D eigenvalue weighted by Gasteiger charge is -2.27. The molecule has 0 saturated carbocycles. The average Bonchev–Trinajstić information content (AvgIpc) is 2.41. The predicted molar refractivity (Wildman–Crippen MR) is 89.1 cm³/mol. The van der Waals surface area contributed by atoms with E-state index in [-0.39, 0.29) is 5.54 Å². The van der Waals surface area contributed by atoms with E-state index in [2.05, 4.69) is 76.5 Å². The molecule has 0 bridgehead atoms. The quantitative estimate of drug-likeness (QED) is 0.835. The lowest BCUT2D eigenvalue weighted by atomic mass is 9.95. The van der Waals surface area contributed by atoms with E-state index in [4.69, 9.17) is 0 Å². The van der Waals surface area contributed by atoms with E-state index < -0.39 is 0 Å². The summed E-state index contributed by atoms with van der Waals surface area (Å²) in [4.78, 5) is 4.46. The van der Waals surface area contributed by atoms with Crippen LogP contribution in [0.15, 0.2) is 47.1 Å². The molecule has 2 rings (SSSR count). The maximum absolute atomic E-state index is 4.46. The molecule has 1 aromatic heterocycles. The molecule has 0 saturated heterocycles. The molecule has 2 aromatic rings. The molecule has 0 atom stereocenters. The van der Waals surface area contributed by atoms with Gasteiger partial charge >= 0.3 is 0 Å². The first-order valence-electron chi connectivity index (χ1n) is 6.90. The zero-order valence-electron chi connectivity index (χ0n) is 12.3. The maximum Gasteiger partial charge on any atom is 0.140 e. The monoisotopic (exact) mass is 332 g/mol. The first-order valence-corrected chi connectivity index (χ1v) is 7.70. The average molecular weight is 333 g/mol. The zero-order valence-corrected chi connectivity index (χ0v) is 13.9. The Balaban J connectivity index is 2.00. The van der Waals surface area contributed by atoms with Gasteiger partial charge in [-0.1, -0.05) is 30.3 Å². The molecule has 1 heterocycles. The number of pyridine rings is 1. The lowest BCUT2D eigenvalue weighted by molar-refractivity contribution is 0.516. The van der Waals surface area contributed by atoms with Crippen molar-refractivity contribution in [1.29, 1.82) is 0 Å². The smallest absolute Gasteiger partial charge is 0.140 e. The van der Waals surface area contributed by atoms with Gasteiger partial charge in [0.25, 0.3) is 0 Å². The van der Waals surface area contributed by atoms with Crippen LogP contribution in [-0.4, -0.2) is 10.5 Å². The molecule has 0 aliphatic rings. The van der Waals surface area contributed by atoms with Crippen molar-refractivity contribution in [3.8, 4) is 0 Å². The summed E-state index contributed by atoms with van der Waals surface area (Å²) >= 11 is 3.57. The number of benzene rings is 1. The van der Waals surface area contributed by atoms with Crippen LogP contribution in [0.25, 0.3) is 0 Å². The van der Waals surface area contributed by atoms with Gasteiger partial charge in [0.1, 0.15) is 5.82 Å². The molecule has 2 nitrogen and oxygen atoms in total. The van der Waals surface area contributed by atoms with Crippen LogP contribution >= 0.6 is 15.9 Å². The van der Waals surface area contributed by atoms with E-state index in [1.807, 2.05) is 13.1 Å². The van der Waals surface area contributed by atoms with Crippen molar-refractivity contribution in [3.63, 3.8) is 0 Å². The number of hydrogen-bond acceptors (Lipinski definition) is 2. The van der Waals surface area contributed by atoms with Gasteiger partial charge in [0.05, 0.1) is 4.47 Å². The van der Waals surface area contributed by atoms with Gasteiger partial charge in [0.2, 0.25) is 0 Å². The van der Waals surface area contributed by atoms with Crippen LogP contribution in [0.5, 0.6) is 0 Å². The maximum atomic E-state index is 4.46. The third-order valence-electron chi connectivity index (χ3n) is 3.32. The minimum Gasteiger partial charge on any atom is -0.364 e. The van der Waals surface area contributed by atoms with Crippen LogP contribution < -0.4 is 5.32 Å². The fraction of sp³-hybridized carbons (Fsp3) is 0.353. The highest BCUT2D eigenvalue weighted by atomic mass is 79.9. The van der Waals surface area contributed by atoms with E-state index in [0.717, 1.165) is 28.7 Å². The minimum absolute atomic E-state index is 0.000615. The van der Waals surface area contributed by atoms with Gasteiger partial charge < -0.3 is 5.32 Å². The van der Waals surface area contributed by atoms with Crippen LogP contribution in [0, 0.1) is 6.92 Å². The predicted octanol–water partition coefficient (Wildman–Crippen LogP) is 4.98. The summed E-state index contributed by atoms with van der Waals surface area (Å²) in [6.07, 6.45) is 4.00. The Bertz CT molecular complexity index is 564. The Kier molecular flexibility index (Phi) is 4.81. The topological polar surface area (TPSA) is 24.9 Å². The van der Waals surface area contributed by atoms with E-state index in [1.165, 1.54) is 5.56 Å². The molecule has 0 aliphatic carbocycles. The summed E-state index contributed by atoms with van der Waals surface area (Å²) in [5.41, 5.74) is 2.53. The normalized spacial score (nSPS) is 11.4. The van der Waals surface area contributed by atoms with Crippen molar-refractivity contribution in [2.24, 2.45) is 0 Å². The summed E-state index contributed by atoms with van der Waals surface area (Å²) in [6.45, 7) is 6.47. The summed E-state index contributed by atoms with van der Waals surface area (Å²) in [6, 6.07) is 12.7. The number of hydrogen-bond donors (Lipinski definition) is 1. The van der Waals surface area contributed by atoms with Crippen molar-refractivity contribution in [2.45, 2.75) is 39.2 Å². The fourth-order valence-electron chi connectivity index (χ4n) is 2.11. The standard InChI is InChI=1S/C17H21BrN2/c1-13-11-15(18)16(19-12-13)20-17(2,3)10-9-14-7-5-4-6-8-14/h4-8,11-12H,9-10H2,1-3H3,(H,19,20). The highest BCUT2D eigenvalue weighted by molar-refractivity contribution is 9.10. The molecule has 106 valence electrons. The molecule has 0 fully saturated rings. The lowest BCUT2D eigenvalue weighted by Crippen LogP contribution is -2.32. The van der Waals surface area contributed by atoms with Gasteiger partial charge in [-0.05, 0) is 66.7 Å². The number of anilines is 1. The van der Waals surface area contributed by atoms with Crippen LogP contribution in [0.4, 0.5) is 5.82 Å². The van der Waals surface area contributed by atoms with Gasteiger partial charge in [0, 0.05) is 11.7 Å². The van der Waals surface area contributed by atoms with Crippen molar-refractivity contribution in [1.82, 2.24) is 4.98 Å². The molecule has 0 radical (unpaired) electrons. The highest BCUT2D eigenvalue weighted by Gasteiger charge is 2.19. The Labute approximate surface area is 129 Å². The van der Waals surface area contributed by atoms with Gasteiger partial charge in [-0.3, -0.25) is 0 Å². The number of rotatable bonds is 5. The van der Waals surface area contributed by atoms with E-state index >= 15 is 0 Å². The SMILES string of the molecule is Cc1cnc(NC(C)(C)CCc2ccccc2)c(Br)c1. The largest absolute Gasteiger partial charge is 0.364 e. The fourth-order valence-corrected chi connectivity index (χ4v) is 2.67. The molecule has 0 amide bonds. The first kappa shape index (κ1) is 15.0. The van der Waals surface area contributed by atoms with Gasteiger partial charge in [-0.2, -0.15) is 0 Å². The van der Waals surface area contributed by atoms with Crippen molar-refractivity contribution < 1.29 is 0 Å². The Morgan fingerprint density at radius 2 is 1.90 bits per heavy atom. The van der Waals surface area contributed by atoms with Crippen LogP contribution in [-0.2, 0) is 6.42 Å². The summed E-state index contributed by atoms with van der Waals surface area (Å²) in [5.74, 6) is 0.911. The minimum atomic E-state index is 0.000615.